The number of ether oxygens (including phenoxy) is 3. The highest BCUT2D eigenvalue weighted by atomic mass is 32.2. The predicted molar refractivity (Wildman–Crippen MR) is 120 cm³/mol. The van der Waals surface area contributed by atoms with Crippen molar-refractivity contribution >= 4 is 28.7 Å². The Kier molecular flexibility index (Phi) is 7.12. The minimum atomic E-state index is -1.24. The van der Waals surface area contributed by atoms with Gasteiger partial charge in [0.15, 0.2) is 0 Å². The molecule has 32 heavy (non-hydrogen) atoms. The lowest BCUT2D eigenvalue weighted by atomic mass is 9.52. The molecule has 7 nitrogen and oxygen atoms in total. The van der Waals surface area contributed by atoms with E-state index in [2.05, 4.69) is 6.92 Å². The minimum absolute atomic E-state index is 0.127. The third-order valence-electron chi connectivity index (χ3n) is 7.54. The largest absolute Gasteiger partial charge is 0.459 e. The molecule has 8 heteroatoms. The van der Waals surface area contributed by atoms with Crippen molar-refractivity contribution in [3.8, 4) is 0 Å². The van der Waals surface area contributed by atoms with E-state index in [1.165, 1.54) is 17.7 Å². The van der Waals surface area contributed by atoms with Crippen LogP contribution in [0.2, 0.25) is 0 Å². The van der Waals surface area contributed by atoms with Gasteiger partial charge < -0.3 is 14.2 Å². The Balaban J connectivity index is 1.97. The number of hydrogen-bond donors (Lipinski definition) is 0. The van der Waals surface area contributed by atoms with Crippen LogP contribution >= 0.6 is 0 Å². The number of rotatable bonds is 5. The van der Waals surface area contributed by atoms with Gasteiger partial charge in [0.1, 0.15) is 18.3 Å². The first kappa shape index (κ1) is 24.4. The molecule has 0 aromatic rings. The molecule has 0 radical (unpaired) electrons. The molecule has 176 valence electrons. The number of allylic oxidation sites excluding steroid dienone is 1. The Bertz CT molecular complexity index is 931. The molecule has 7 atom stereocenters. The van der Waals surface area contributed by atoms with Gasteiger partial charge in [-0.2, -0.15) is 0 Å². The Labute approximate surface area is 191 Å². The van der Waals surface area contributed by atoms with E-state index >= 15 is 0 Å². The van der Waals surface area contributed by atoms with Crippen molar-refractivity contribution in [2.24, 2.45) is 17.3 Å². The topological polar surface area (TPSA) is 96.0 Å². The summed E-state index contributed by atoms with van der Waals surface area (Å²) in [5.74, 6) is -1.36. The first-order valence-electron chi connectivity index (χ1n) is 11.0. The summed E-state index contributed by atoms with van der Waals surface area (Å²) < 4.78 is 28.6. The van der Waals surface area contributed by atoms with Gasteiger partial charge in [-0.15, -0.1) is 0 Å². The van der Waals surface area contributed by atoms with Gasteiger partial charge in [0.05, 0.1) is 0 Å². The van der Waals surface area contributed by atoms with Crippen molar-refractivity contribution in [3.05, 3.63) is 34.3 Å². The fourth-order valence-electron chi connectivity index (χ4n) is 5.31. The third-order valence-corrected chi connectivity index (χ3v) is 8.06. The Morgan fingerprint density at radius 3 is 2.56 bits per heavy atom. The van der Waals surface area contributed by atoms with Crippen molar-refractivity contribution in [2.75, 3.05) is 6.26 Å². The third kappa shape index (κ3) is 4.34. The zero-order valence-corrected chi connectivity index (χ0v) is 20.3. The number of carbonyl (C=O) groups excluding carboxylic acids is 3. The quantitative estimate of drug-likeness (QED) is 0.350. The molecule has 2 aliphatic carbocycles. The SMILES string of the molecule is CC=C(C)C(=O)OC1C2=C(C)C(=O)OC2CC2CCC(OC(=O)C=CS(C)=O)C(C)C21C. The molecular weight excluding hydrogens is 432 g/mol. The molecule has 0 bridgehead atoms. The molecule has 0 aromatic heterocycles. The van der Waals surface area contributed by atoms with E-state index in [0.717, 1.165) is 12.0 Å². The Morgan fingerprint density at radius 1 is 1.25 bits per heavy atom. The summed E-state index contributed by atoms with van der Waals surface area (Å²) in [5.41, 5.74) is 1.15. The summed E-state index contributed by atoms with van der Waals surface area (Å²) in [6.07, 6.45) is 4.99. The number of fused-ring (bicyclic) bond motifs is 2. The summed E-state index contributed by atoms with van der Waals surface area (Å²) in [6.45, 7) is 9.24. The molecular formula is C24H32O7S. The smallest absolute Gasteiger partial charge is 0.334 e. The minimum Gasteiger partial charge on any atom is -0.459 e. The highest BCUT2D eigenvalue weighted by Gasteiger charge is 2.61. The summed E-state index contributed by atoms with van der Waals surface area (Å²) in [4.78, 5) is 37.4. The highest BCUT2D eigenvalue weighted by molar-refractivity contribution is 7.87. The number of esters is 3. The van der Waals surface area contributed by atoms with Gasteiger partial charge in [0, 0.05) is 56.6 Å². The summed E-state index contributed by atoms with van der Waals surface area (Å²) in [6, 6.07) is 0. The number of hydrogen-bond acceptors (Lipinski definition) is 7. The molecule has 2 saturated carbocycles. The van der Waals surface area contributed by atoms with Crippen LogP contribution in [-0.4, -0.2) is 46.7 Å². The first-order chi connectivity index (χ1) is 15.0. The fraction of sp³-hybridized carbons (Fsp3) is 0.625. The average molecular weight is 465 g/mol. The van der Waals surface area contributed by atoms with Gasteiger partial charge in [-0.3, -0.25) is 4.21 Å². The normalized spacial score (nSPS) is 35.8. The van der Waals surface area contributed by atoms with E-state index in [4.69, 9.17) is 14.2 Å². The second-order valence-electron chi connectivity index (χ2n) is 9.17. The van der Waals surface area contributed by atoms with Crippen molar-refractivity contribution in [3.63, 3.8) is 0 Å². The van der Waals surface area contributed by atoms with Gasteiger partial charge >= 0.3 is 17.9 Å². The standard InChI is InChI=1S/C24H32O7S/c1-7-13(2)22(26)31-21-20-14(3)23(27)30-18(20)12-16-8-9-17(15(4)24(16,21)5)29-19(25)10-11-32(6)28/h7,10-11,15-18,21H,8-9,12H2,1-6H3. The zero-order valence-electron chi connectivity index (χ0n) is 19.5. The van der Waals surface area contributed by atoms with Gasteiger partial charge in [-0.1, -0.05) is 19.9 Å². The molecule has 3 aliphatic rings. The Morgan fingerprint density at radius 2 is 1.94 bits per heavy atom. The van der Waals surface area contributed by atoms with Gasteiger partial charge in [-0.25, -0.2) is 14.4 Å². The van der Waals surface area contributed by atoms with Crippen LogP contribution in [-0.2, 0) is 39.4 Å². The van der Waals surface area contributed by atoms with E-state index in [0.29, 0.717) is 24.0 Å². The maximum Gasteiger partial charge on any atom is 0.334 e. The second-order valence-corrected chi connectivity index (χ2v) is 10.4. The fourth-order valence-corrected chi connectivity index (χ4v) is 5.61. The lowest BCUT2D eigenvalue weighted by Crippen LogP contribution is -2.58. The molecule has 0 N–H and O–H groups in total. The summed E-state index contributed by atoms with van der Waals surface area (Å²) in [7, 11) is -1.24. The van der Waals surface area contributed by atoms with Crippen LogP contribution in [0, 0.1) is 17.3 Å². The van der Waals surface area contributed by atoms with E-state index in [-0.39, 0.29) is 17.8 Å². The van der Waals surface area contributed by atoms with Crippen LogP contribution in [0.3, 0.4) is 0 Å². The van der Waals surface area contributed by atoms with Crippen LogP contribution in [0.4, 0.5) is 0 Å². The van der Waals surface area contributed by atoms with Crippen LogP contribution in [0.1, 0.15) is 53.9 Å². The monoisotopic (exact) mass is 464 g/mol. The summed E-state index contributed by atoms with van der Waals surface area (Å²) in [5, 5.41) is 1.30. The van der Waals surface area contributed by atoms with Crippen molar-refractivity contribution in [1.29, 1.82) is 0 Å². The second kappa shape index (κ2) is 9.33. The molecule has 0 spiro atoms. The molecule has 2 fully saturated rings. The van der Waals surface area contributed by atoms with Gasteiger partial charge in [0.25, 0.3) is 0 Å². The molecule has 3 rings (SSSR count). The van der Waals surface area contributed by atoms with Crippen molar-refractivity contribution in [1.82, 2.24) is 0 Å². The molecule has 0 amide bonds. The number of carbonyl (C=O) groups is 3. The van der Waals surface area contributed by atoms with E-state index < -0.39 is 46.5 Å². The summed E-state index contributed by atoms with van der Waals surface area (Å²) >= 11 is 0. The van der Waals surface area contributed by atoms with Crippen molar-refractivity contribution in [2.45, 2.75) is 72.2 Å². The van der Waals surface area contributed by atoms with Gasteiger partial charge in [0.2, 0.25) is 0 Å². The molecule has 0 saturated heterocycles. The predicted octanol–water partition coefficient (Wildman–Crippen LogP) is 3.37. The molecule has 7 unspecified atom stereocenters. The first-order valence-corrected chi connectivity index (χ1v) is 12.6. The van der Waals surface area contributed by atoms with Crippen LogP contribution in [0.5, 0.6) is 0 Å². The van der Waals surface area contributed by atoms with E-state index in [1.54, 1.807) is 26.8 Å². The highest BCUT2D eigenvalue weighted by Crippen LogP contribution is 2.58. The average Bonchev–Trinajstić information content (AvgIpc) is 3.02. The maximum atomic E-state index is 12.8. The lowest BCUT2D eigenvalue weighted by molar-refractivity contribution is -0.184. The zero-order chi connectivity index (χ0) is 23.8. The maximum absolute atomic E-state index is 12.8. The van der Waals surface area contributed by atoms with Crippen LogP contribution in [0.25, 0.3) is 0 Å². The lowest BCUT2D eigenvalue weighted by Gasteiger charge is -2.56. The molecule has 1 aliphatic heterocycles. The van der Waals surface area contributed by atoms with Crippen LogP contribution < -0.4 is 0 Å². The van der Waals surface area contributed by atoms with E-state index in [9.17, 15) is 18.6 Å². The van der Waals surface area contributed by atoms with E-state index in [1.807, 2.05) is 6.92 Å². The Hall–Kier alpha value is -2.22. The molecule has 1 heterocycles. The van der Waals surface area contributed by atoms with Crippen molar-refractivity contribution < 1.29 is 32.8 Å². The van der Waals surface area contributed by atoms with Crippen LogP contribution in [0.15, 0.2) is 34.3 Å². The van der Waals surface area contributed by atoms with Gasteiger partial charge in [-0.05, 0) is 46.0 Å². The molecule has 0 aromatic carbocycles.